The molecule has 12 heteroatoms. The summed E-state index contributed by atoms with van der Waals surface area (Å²) in [7, 11) is 0. The van der Waals surface area contributed by atoms with Crippen LogP contribution >= 0.6 is 0 Å². The summed E-state index contributed by atoms with van der Waals surface area (Å²) < 4.78 is 31.7. The van der Waals surface area contributed by atoms with E-state index in [1.54, 1.807) is 0 Å². The summed E-state index contributed by atoms with van der Waals surface area (Å²) in [5.74, 6) is -2.72. The Kier molecular flexibility index (Phi) is 10.9. The van der Waals surface area contributed by atoms with Crippen molar-refractivity contribution in [3.63, 3.8) is 0 Å². The number of alkyl halides is 3. The Labute approximate surface area is 266 Å². The van der Waals surface area contributed by atoms with Crippen LogP contribution in [0.3, 0.4) is 0 Å². The van der Waals surface area contributed by atoms with Gasteiger partial charge >= 0.3 is 12.1 Å². The van der Waals surface area contributed by atoms with Gasteiger partial charge in [-0.25, -0.2) is 4.79 Å². The van der Waals surface area contributed by atoms with Gasteiger partial charge < -0.3 is 25.1 Å². The minimum atomic E-state index is -5.08. The minimum Gasteiger partial charge on any atom is -0.475 e. The van der Waals surface area contributed by atoms with Crippen LogP contribution in [0, 0.1) is 36.5 Å². The van der Waals surface area contributed by atoms with Crippen LogP contribution in [-0.2, 0) is 4.79 Å². The topological polar surface area (TPSA) is 124 Å². The number of aliphatic carboxylic acids is 1. The molecule has 0 aliphatic carbocycles. The van der Waals surface area contributed by atoms with Crippen molar-refractivity contribution in [2.45, 2.75) is 38.9 Å². The highest BCUT2D eigenvalue weighted by Crippen LogP contribution is 2.36. The van der Waals surface area contributed by atoms with E-state index in [0.29, 0.717) is 37.3 Å². The summed E-state index contributed by atoms with van der Waals surface area (Å²) in [5, 5.41) is 29.6. The smallest absolute Gasteiger partial charge is 0.475 e. The summed E-state index contributed by atoms with van der Waals surface area (Å²) in [5.41, 5.74) is 7.02. The number of para-hydroxylation sites is 1. The molecule has 2 aliphatic heterocycles. The number of amides is 1. The maximum atomic E-state index is 13.9. The number of benzene rings is 3. The molecule has 2 fully saturated rings. The molecule has 2 aliphatic rings. The number of carboxylic acids is 1. The summed E-state index contributed by atoms with van der Waals surface area (Å²) in [4.78, 5) is 29.2. The first-order valence-electron chi connectivity index (χ1n) is 14.9. The highest BCUT2D eigenvalue weighted by molar-refractivity contribution is 5.97. The second kappa shape index (κ2) is 14.8. The molecule has 2 heterocycles. The highest BCUT2D eigenvalue weighted by Gasteiger charge is 2.38. The van der Waals surface area contributed by atoms with Crippen LogP contribution in [0.15, 0.2) is 60.7 Å². The number of hydrogen-bond donors (Lipinski definition) is 2. The number of nitrogens with zero attached hydrogens (tertiary/aromatic N) is 5. The van der Waals surface area contributed by atoms with E-state index in [1.165, 1.54) is 0 Å². The van der Waals surface area contributed by atoms with Gasteiger partial charge in [-0.2, -0.15) is 23.7 Å². The van der Waals surface area contributed by atoms with E-state index in [4.69, 9.17) is 9.90 Å². The number of piperazine rings is 1. The van der Waals surface area contributed by atoms with Crippen LogP contribution < -0.4 is 15.1 Å². The number of carboxylic acid groups (broad SMARTS) is 1. The number of aryl methyl sites for hydroxylation is 2. The van der Waals surface area contributed by atoms with Gasteiger partial charge in [0.15, 0.2) is 0 Å². The maximum absolute atomic E-state index is 13.9. The third-order valence-electron chi connectivity index (χ3n) is 8.13. The number of anilines is 3. The van der Waals surface area contributed by atoms with Crippen LogP contribution in [0.25, 0.3) is 0 Å². The first-order valence-corrected chi connectivity index (χ1v) is 14.9. The number of carbonyl (C=O) groups excluding carboxylic acids is 1. The first-order chi connectivity index (χ1) is 21.9. The molecule has 3 aromatic rings. The Morgan fingerprint density at radius 3 is 2.17 bits per heavy atom. The number of nitrogens with one attached hydrogen (secondary N) is 1. The average Bonchev–Trinajstić information content (AvgIpc) is 3.06. The third-order valence-corrected chi connectivity index (χ3v) is 8.13. The van der Waals surface area contributed by atoms with Crippen molar-refractivity contribution in [3.05, 3.63) is 88.5 Å². The predicted molar refractivity (Wildman–Crippen MR) is 168 cm³/mol. The monoisotopic (exact) mass is 632 g/mol. The molecule has 2 saturated heterocycles. The normalized spacial score (nSPS) is 15.2. The lowest BCUT2D eigenvalue weighted by atomic mass is 9.97. The molecular formula is C34H35F3N6O3. The molecule has 5 rings (SSSR count). The van der Waals surface area contributed by atoms with Crippen molar-refractivity contribution in [2.24, 2.45) is 0 Å². The number of piperidine rings is 1. The fraction of sp³-hybridized carbons (Fsp3) is 0.353. The predicted octanol–water partition coefficient (Wildman–Crippen LogP) is 5.53. The fourth-order valence-electron chi connectivity index (χ4n) is 5.83. The SMILES string of the molecule is Cc1cc(C)c(N(c2cccc(C#N)c2)C2CCNCC2)cc1C(=O)N1CCN(c2ccccc2C#N)CC1.O=C(O)C(F)(F)F. The Morgan fingerprint density at radius 2 is 1.57 bits per heavy atom. The van der Waals surface area contributed by atoms with Gasteiger partial charge in [-0.15, -0.1) is 0 Å². The van der Waals surface area contributed by atoms with Crippen molar-refractivity contribution in [1.82, 2.24) is 10.2 Å². The van der Waals surface area contributed by atoms with Crippen LogP contribution in [0.5, 0.6) is 0 Å². The molecule has 46 heavy (non-hydrogen) atoms. The third kappa shape index (κ3) is 7.95. The van der Waals surface area contributed by atoms with Gasteiger partial charge in [-0.05, 0) is 87.3 Å². The van der Waals surface area contributed by atoms with Crippen molar-refractivity contribution in [1.29, 1.82) is 10.5 Å². The Morgan fingerprint density at radius 1 is 0.913 bits per heavy atom. The zero-order valence-electron chi connectivity index (χ0n) is 25.6. The molecule has 0 spiro atoms. The lowest BCUT2D eigenvalue weighted by molar-refractivity contribution is -0.192. The minimum absolute atomic E-state index is 0.0398. The zero-order chi connectivity index (χ0) is 33.4. The largest absolute Gasteiger partial charge is 0.490 e. The maximum Gasteiger partial charge on any atom is 0.490 e. The average molecular weight is 633 g/mol. The Balaban J connectivity index is 0.000000617. The lowest BCUT2D eigenvalue weighted by Gasteiger charge is -2.38. The van der Waals surface area contributed by atoms with Gasteiger partial charge in [0, 0.05) is 49.2 Å². The van der Waals surface area contributed by atoms with E-state index in [-0.39, 0.29) is 11.9 Å². The molecule has 0 atom stereocenters. The standard InChI is InChI=1S/C32H34N6O.C2HF3O2/c1-23-18-24(2)31(38(27-10-12-35-13-11-27)28-8-5-6-25(19-28)21-33)20-29(23)32(39)37-16-14-36(15-17-37)30-9-4-3-7-26(30)22-34;3-2(4,5)1(6)7/h3-9,18-20,27,35H,10-17H2,1-2H3;(H,6,7). The van der Waals surface area contributed by atoms with Crippen molar-refractivity contribution in [2.75, 3.05) is 49.1 Å². The summed E-state index contributed by atoms with van der Waals surface area (Å²) in [6, 6.07) is 24.4. The van der Waals surface area contributed by atoms with Crippen LogP contribution in [-0.4, -0.2) is 73.4 Å². The molecule has 1 amide bonds. The van der Waals surface area contributed by atoms with Crippen LogP contribution in [0.1, 0.15) is 45.5 Å². The van der Waals surface area contributed by atoms with E-state index in [0.717, 1.165) is 59.7 Å². The molecule has 0 saturated carbocycles. The number of nitriles is 2. The van der Waals surface area contributed by atoms with Crippen molar-refractivity contribution >= 4 is 28.9 Å². The number of halogens is 3. The lowest BCUT2D eigenvalue weighted by Crippen LogP contribution is -2.49. The Hall–Kier alpha value is -5.07. The molecule has 0 bridgehead atoms. The van der Waals surface area contributed by atoms with Gasteiger partial charge in [-0.3, -0.25) is 4.79 Å². The molecule has 2 N–H and O–H groups in total. The second-order valence-electron chi connectivity index (χ2n) is 11.2. The quantitative estimate of drug-likeness (QED) is 0.376. The highest BCUT2D eigenvalue weighted by atomic mass is 19.4. The first kappa shape index (κ1) is 33.8. The van der Waals surface area contributed by atoms with Gasteiger partial charge in [-0.1, -0.05) is 24.3 Å². The summed E-state index contributed by atoms with van der Waals surface area (Å²) in [6.45, 7) is 8.56. The molecule has 0 aromatic heterocycles. The van der Waals surface area contributed by atoms with E-state index in [9.17, 15) is 28.5 Å². The van der Waals surface area contributed by atoms with Crippen molar-refractivity contribution < 1.29 is 27.9 Å². The zero-order valence-corrected chi connectivity index (χ0v) is 25.6. The van der Waals surface area contributed by atoms with Crippen molar-refractivity contribution in [3.8, 4) is 12.1 Å². The molecule has 0 unspecified atom stereocenters. The molecule has 240 valence electrons. The van der Waals surface area contributed by atoms with Gasteiger partial charge in [0.25, 0.3) is 5.91 Å². The van der Waals surface area contributed by atoms with Gasteiger partial charge in [0.05, 0.1) is 22.9 Å². The molecule has 0 radical (unpaired) electrons. The fourth-order valence-corrected chi connectivity index (χ4v) is 5.83. The van der Waals surface area contributed by atoms with E-state index in [2.05, 4.69) is 52.4 Å². The van der Waals surface area contributed by atoms with E-state index < -0.39 is 12.1 Å². The number of carbonyl (C=O) groups is 2. The van der Waals surface area contributed by atoms with Crippen LogP contribution in [0.4, 0.5) is 30.2 Å². The summed E-state index contributed by atoms with van der Waals surface area (Å²) in [6.07, 6.45) is -3.11. The Bertz CT molecular complexity index is 1650. The van der Waals surface area contributed by atoms with E-state index in [1.807, 2.05) is 54.3 Å². The molecule has 9 nitrogen and oxygen atoms in total. The second-order valence-corrected chi connectivity index (χ2v) is 11.2. The number of rotatable bonds is 5. The van der Waals surface area contributed by atoms with E-state index >= 15 is 0 Å². The molecular weight excluding hydrogens is 597 g/mol. The van der Waals surface area contributed by atoms with Crippen LogP contribution in [0.2, 0.25) is 0 Å². The van der Waals surface area contributed by atoms with Gasteiger partial charge in [0.2, 0.25) is 0 Å². The number of hydrogen-bond acceptors (Lipinski definition) is 7. The van der Waals surface area contributed by atoms with Gasteiger partial charge in [0.1, 0.15) is 6.07 Å². The summed E-state index contributed by atoms with van der Waals surface area (Å²) >= 11 is 0. The molecule has 3 aromatic carbocycles.